The molecule has 0 aromatic rings. The van der Waals surface area contributed by atoms with Gasteiger partial charge in [-0.2, -0.15) is 0 Å². The summed E-state index contributed by atoms with van der Waals surface area (Å²) in [6, 6.07) is 2.60. The summed E-state index contributed by atoms with van der Waals surface area (Å²) in [4.78, 5) is 13.1. The quantitative estimate of drug-likeness (QED) is 0.228. The average Bonchev–Trinajstić information content (AvgIpc) is 2.77. The van der Waals surface area contributed by atoms with E-state index in [9.17, 15) is 9.90 Å². The fourth-order valence-electron chi connectivity index (χ4n) is 4.83. The Hall–Kier alpha value is -0.239. The van der Waals surface area contributed by atoms with Crippen molar-refractivity contribution in [2.45, 2.75) is 174 Å². The van der Waals surface area contributed by atoms with E-state index in [1.54, 1.807) is 0 Å². The molecule has 0 radical (unpaired) electrons. The molecule has 40 heavy (non-hydrogen) atoms. The molecule has 0 aliphatic heterocycles. The first kappa shape index (κ1) is 37.8. The molecule has 1 aliphatic rings. The number of hydrogen-bond acceptors (Lipinski definition) is 6. The zero-order valence-corrected chi connectivity index (χ0v) is 31.9. The normalized spacial score (nSPS) is 25.6. The number of alkyl carbamates (subject to hydrolysis) is 1. The number of carbonyl (C=O) groups is 1. The third-order valence-corrected chi connectivity index (χ3v) is 23.4. The molecule has 1 aliphatic carbocycles. The number of ether oxygens (including phenoxy) is 1. The summed E-state index contributed by atoms with van der Waals surface area (Å²) in [5.41, 5.74) is -0.622. The molecule has 2 N–H and O–H groups in total. The first-order chi connectivity index (χ1) is 17.9. The zero-order chi connectivity index (χ0) is 31.5. The number of rotatable bonds is 11. The molecule has 7 nitrogen and oxygen atoms in total. The molecule has 5 atom stereocenters. The molecule has 0 aromatic carbocycles. The molecule has 1 amide bonds. The van der Waals surface area contributed by atoms with Crippen LogP contribution in [-0.2, 0) is 18.0 Å². The van der Waals surface area contributed by atoms with Crippen LogP contribution in [-0.4, -0.2) is 72.7 Å². The van der Waals surface area contributed by atoms with Crippen LogP contribution in [0.15, 0.2) is 0 Å². The molecular formula is C30H65NO6Si3. The molecule has 238 valence electrons. The van der Waals surface area contributed by atoms with Gasteiger partial charge >= 0.3 is 6.09 Å². The monoisotopic (exact) mass is 619 g/mol. The number of aliphatic hydroxyl groups excluding tert-OH is 1. The van der Waals surface area contributed by atoms with Crippen LogP contribution in [0.5, 0.6) is 0 Å². The van der Waals surface area contributed by atoms with Crippen LogP contribution < -0.4 is 5.32 Å². The lowest BCUT2D eigenvalue weighted by Crippen LogP contribution is -2.68. The molecule has 0 spiro atoms. The third kappa shape index (κ3) is 9.64. The van der Waals surface area contributed by atoms with E-state index >= 15 is 0 Å². The van der Waals surface area contributed by atoms with Crippen LogP contribution in [0.1, 0.15) is 89.5 Å². The topological polar surface area (TPSA) is 86.2 Å². The van der Waals surface area contributed by atoms with Crippen LogP contribution in [0.4, 0.5) is 4.79 Å². The van der Waals surface area contributed by atoms with E-state index in [4.69, 9.17) is 18.0 Å². The van der Waals surface area contributed by atoms with Crippen molar-refractivity contribution in [2.24, 2.45) is 5.92 Å². The molecular weight excluding hydrogens is 555 g/mol. The minimum atomic E-state index is -2.30. The van der Waals surface area contributed by atoms with Gasteiger partial charge in [0.15, 0.2) is 25.0 Å². The average molecular weight is 620 g/mol. The molecule has 0 saturated heterocycles. The van der Waals surface area contributed by atoms with Gasteiger partial charge in [-0.05, 0) is 81.6 Å². The van der Waals surface area contributed by atoms with Gasteiger partial charge in [-0.3, -0.25) is 0 Å². The van der Waals surface area contributed by atoms with Crippen molar-refractivity contribution in [1.29, 1.82) is 0 Å². The highest BCUT2D eigenvalue weighted by Gasteiger charge is 2.55. The lowest BCUT2D eigenvalue weighted by atomic mass is 9.80. The molecule has 0 heterocycles. The first-order valence-corrected chi connectivity index (χ1v) is 23.9. The maximum atomic E-state index is 13.1. The minimum Gasteiger partial charge on any atom is -0.444 e. The maximum Gasteiger partial charge on any atom is 0.407 e. The van der Waals surface area contributed by atoms with Crippen LogP contribution >= 0.6 is 0 Å². The Bertz CT molecular complexity index is 803. The third-order valence-electron chi connectivity index (χ3n) is 9.80. The van der Waals surface area contributed by atoms with Crippen LogP contribution in [0, 0.1) is 5.92 Å². The Morgan fingerprint density at radius 1 is 0.750 bits per heavy atom. The van der Waals surface area contributed by atoms with Crippen molar-refractivity contribution < 1.29 is 27.9 Å². The second kappa shape index (κ2) is 13.6. The first-order valence-electron chi connectivity index (χ1n) is 15.5. The second-order valence-corrected chi connectivity index (χ2v) is 30.2. The van der Waals surface area contributed by atoms with Gasteiger partial charge in [0.1, 0.15) is 5.60 Å². The Morgan fingerprint density at radius 3 is 1.52 bits per heavy atom. The summed E-state index contributed by atoms with van der Waals surface area (Å²) in [6.45, 7) is 34.7. The van der Waals surface area contributed by atoms with Gasteiger partial charge < -0.3 is 28.4 Å². The van der Waals surface area contributed by atoms with E-state index in [-0.39, 0.29) is 34.7 Å². The molecule has 1 saturated carbocycles. The van der Waals surface area contributed by atoms with Gasteiger partial charge in [0.05, 0.1) is 24.4 Å². The predicted octanol–water partition coefficient (Wildman–Crippen LogP) is 8.06. The van der Waals surface area contributed by atoms with Gasteiger partial charge in [-0.25, -0.2) is 4.79 Å². The van der Waals surface area contributed by atoms with E-state index in [0.29, 0.717) is 6.42 Å². The Balaban J connectivity index is 3.81. The van der Waals surface area contributed by atoms with Gasteiger partial charge in [-0.15, -0.1) is 0 Å². The van der Waals surface area contributed by atoms with Gasteiger partial charge in [-0.1, -0.05) is 62.3 Å². The van der Waals surface area contributed by atoms with Crippen molar-refractivity contribution in [3.05, 3.63) is 0 Å². The Labute approximate surface area is 250 Å². The summed E-state index contributed by atoms with van der Waals surface area (Å²) >= 11 is 0. The van der Waals surface area contributed by atoms with E-state index in [1.807, 2.05) is 20.8 Å². The largest absolute Gasteiger partial charge is 0.444 e. The highest BCUT2D eigenvalue weighted by molar-refractivity contribution is 6.75. The van der Waals surface area contributed by atoms with Crippen molar-refractivity contribution >= 4 is 31.0 Å². The molecule has 0 aromatic heterocycles. The number of hydrogen-bond donors (Lipinski definition) is 2. The van der Waals surface area contributed by atoms with E-state index in [1.165, 1.54) is 0 Å². The summed E-state index contributed by atoms with van der Waals surface area (Å²) in [6.07, 6.45) is -1.07. The van der Waals surface area contributed by atoms with Crippen LogP contribution in [0.2, 0.25) is 54.4 Å². The Morgan fingerprint density at radius 2 is 1.18 bits per heavy atom. The van der Waals surface area contributed by atoms with Crippen LogP contribution in [0.3, 0.4) is 0 Å². The number of aliphatic hydroxyl groups is 1. The second-order valence-electron chi connectivity index (χ2n) is 15.9. The molecule has 0 unspecified atom stereocenters. The van der Waals surface area contributed by atoms with E-state index < -0.39 is 48.9 Å². The van der Waals surface area contributed by atoms with Crippen molar-refractivity contribution in [3.63, 3.8) is 0 Å². The van der Waals surface area contributed by atoms with Gasteiger partial charge in [0.2, 0.25) is 0 Å². The van der Waals surface area contributed by atoms with E-state index in [2.05, 4.69) is 93.8 Å². The van der Waals surface area contributed by atoms with Crippen molar-refractivity contribution in [1.82, 2.24) is 5.32 Å². The van der Waals surface area contributed by atoms with Crippen molar-refractivity contribution in [2.75, 3.05) is 6.61 Å². The fraction of sp³-hybridized carbons (Fsp3) is 0.967. The fourth-order valence-corrected chi connectivity index (χ4v) is 10.4. The number of amides is 1. The highest BCUT2D eigenvalue weighted by atomic mass is 28.4. The number of nitrogens with one attached hydrogen (secondary N) is 1. The SMILES string of the molecule is CC[Si](CC)(CC)O[C@@H]1[C@H](O[Si](C)(C)C(C)(C)C)[C@@H](CO)C[C@@H](NC(=O)OC(C)(C)C)[C@@H]1O[Si](C)(C)C(C)(C)C. The highest BCUT2D eigenvalue weighted by Crippen LogP contribution is 2.45. The Kier molecular flexibility index (Phi) is 12.8. The molecule has 0 bridgehead atoms. The lowest BCUT2D eigenvalue weighted by Gasteiger charge is -2.54. The summed E-state index contributed by atoms with van der Waals surface area (Å²) < 4.78 is 27.4. The summed E-state index contributed by atoms with van der Waals surface area (Å²) in [7, 11) is -6.68. The smallest absolute Gasteiger partial charge is 0.407 e. The molecule has 1 rings (SSSR count). The van der Waals surface area contributed by atoms with Crippen LogP contribution in [0.25, 0.3) is 0 Å². The van der Waals surface area contributed by atoms with Gasteiger partial charge in [0.25, 0.3) is 0 Å². The molecule has 10 heteroatoms. The zero-order valence-electron chi connectivity index (χ0n) is 28.9. The lowest BCUT2D eigenvalue weighted by molar-refractivity contribution is -0.113. The standard InChI is InChI=1S/C30H65NO6Si3/c1-17-40(18-2,19-3)37-26-24(35-38(13,14)29(7,8)9)22(21-32)20-23(31-27(33)34-28(4,5)6)25(26)36-39(15,16)30(10,11)12/h22-26,32H,17-21H2,1-16H3,(H,31,33)/t22-,23-,24-,25+,26-/m1/s1. The van der Waals surface area contributed by atoms with Crippen molar-refractivity contribution in [3.8, 4) is 0 Å². The van der Waals surface area contributed by atoms with Gasteiger partial charge in [0, 0.05) is 12.5 Å². The minimum absolute atomic E-state index is 0.00621. The predicted molar refractivity (Wildman–Crippen MR) is 175 cm³/mol. The summed E-state index contributed by atoms with van der Waals surface area (Å²) in [5.74, 6) is -0.199. The maximum absolute atomic E-state index is 13.1. The van der Waals surface area contributed by atoms with E-state index in [0.717, 1.165) is 18.1 Å². The molecule has 1 fully saturated rings. The number of carbonyl (C=O) groups excluding carboxylic acids is 1. The summed E-state index contributed by atoms with van der Waals surface area (Å²) in [5, 5.41) is 13.9.